The van der Waals surface area contributed by atoms with Crippen molar-refractivity contribution in [3.05, 3.63) is 29.3 Å². The Morgan fingerprint density at radius 2 is 1.93 bits per heavy atom. The van der Waals surface area contributed by atoms with Gasteiger partial charge in [0.1, 0.15) is 11.9 Å². The molecule has 1 rings (SSSR count). The number of hydrogen-bond acceptors (Lipinski definition) is 3. The van der Waals surface area contributed by atoms with Crippen molar-refractivity contribution in [1.29, 1.82) is 0 Å². The molecule has 0 heterocycles. The number of aromatic hydroxyl groups is 1. The molecule has 1 aromatic rings. The third-order valence-corrected chi connectivity index (χ3v) is 1.67. The molecule has 4 N–H and O–H groups in total. The maximum Gasteiger partial charge on any atom is 0.325 e. The van der Waals surface area contributed by atoms with Gasteiger partial charge in [0.15, 0.2) is 11.6 Å². The van der Waals surface area contributed by atoms with Crippen LogP contribution in [0.15, 0.2) is 12.1 Å². The fraction of sp³-hybridized carbons (Fsp3) is 0.125. The monoisotopic (exact) mass is 203 g/mol. The van der Waals surface area contributed by atoms with Crippen LogP contribution in [-0.2, 0) is 4.79 Å². The van der Waals surface area contributed by atoms with Crippen LogP contribution in [0.1, 0.15) is 11.6 Å². The standard InChI is InChI=1S/C8H7F2NO3/c9-4-2-6(12)5(10)1-3(4)7(11)8(13)14/h1-2,7,12H,11H2,(H,13,14)/t7-/m0/s1. The van der Waals surface area contributed by atoms with Gasteiger partial charge < -0.3 is 15.9 Å². The third kappa shape index (κ3) is 1.80. The Morgan fingerprint density at radius 3 is 2.43 bits per heavy atom. The Bertz CT molecular complexity index is 381. The number of carboxylic acids is 1. The predicted octanol–water partition coefficient (Wildman–Crippen LogP) is 0.755. The zero-order valence-corrected chi connectivity index (χ0v) is 6.87. The van der Waals surface area contributed by atoms with E-state index in [0.29, 0.717) is 12.1 Å². The first-order chi connectivity index (χ1) is 6.43. The number of halogens is 2. The highest BCUT2D eigenvalue weighted by molar-refractivity contribution is 5.75. The number of phenols is 1. The maximum absolute atomic E-state index is 13.0. The smallest absolute Gasteiger partial charge is 0.325 e. The van der Waals surface area contributed by atoms with Gasteiger partial charge in [0.25, 0.3) is 0 Å². The number of carboxylic acid groups (broad SMARTS) is 1. The molecule has 0 radical (unpaired) electrons. The van der Waals surface area contributed by atoms with Crippen LogP contribution in [0.2, 0.25) is 0 Å². The summed E-state index contributed by atoms with van der Waals surface area (Å²) in [6, 6.07) is -0.609. The van der Waals surface area contributed by atoms with Crippen molar-refractivity contribution >= 4 is 5.97 Å². The highest BCUT2D eigenvalue weighted by Crippen LogP contribution is 2.23. The zero-order chi connectivity index (χ0) is 10.9. The lowest BCUT2D eigenvalue weighted by molar-refractivity contribution is -0.138. The molecule has 0 unspecified atom stereocenters. The summed E-state index contributed by atoms with van der Waals surface area (Å²) in [4.78, 5) is 10.4. The average molecular weight is 203 g/mol. The molecule has 0 bridgehead atoms. The number of benzene rings is 1. The molecule has 4 nitrogen and oxygen atoms in total. The SMILES string of the molecule is N[C@H](C(=O)O)c1cc(F)c(O)cc1F. The second-order valence-corrected chi connectivity index (χ2v) is 2.64. The van der Waals surface area contributed by atoms with Crippen LogP contribution in [0.25, 0.3) is 0 Å². The lowest BCUT2D eigenvalue weighted by atomic mass is 10.1. The van der Waals surface area contributed by atoms with E-state index in [1.165, 1.54) is 0 Å². The second kappa shape index (κ2) is 3.59. The molecule has 0 saturated carbocycles. The first-order valence-corrected chi connectivity index (χ1v) is 3.59. The lowest BCUT2D eigenvalue weighted by Crippen LogP contribution is -2.22. The van der Waals surface area contributed by atoms with Crippen LogP contribution in [0.3, 0.4) is 0 Å². The van der Waals surface area contributed by atoms with Gasteiger partial charge in [-0.1, -0.05) is 0 Å². The first-order valence-electron chi connectivity index (χ1n) is 3.59. The summed E-state index contributed by atoms with van der Waals surface area (Å²) in [5, 5.41) is 17.2. The lowest BCUT2D eigenvalue weighted by Gasteiger charge is -2.08. The summed E-state index contributed by atoms with van der Waals surface area (Å²) in [5.41, 5.74) is 4.56. The number of nitrogens with two attached hydrogens (primary N) is 1. The second-order valence-electron chi connectivity index (χ2n) is 2.64. The van der Waals surface area contributed by atoms with Gasteiger partial charge in [0.05, 0.1) is 0 Å². The van der Waals surface area contributed by atoms with Crippen LogP contribution in [-0.4, -0.2) is 16.2 Å². The summed E-state index contributed by atoms with van der Waals surface area (Å²) in [6.45, 7) is 0. The first kappa shape index (κ1) is 10.4. The van der Waals surface area contributed by atoms with Crippen LogP contribution < -0.4 is 5.73 Å². The van der Waals surface area contributed by atoms with Crippen LogP contribution in [0.4, 0.5) is 8.78 Å². The van der Waals surface area contributed by atoms with E-state index < -0.39 is 35.0 Å². The van der Waals surface area contributed by atoms with E-state index in [1.807, 2.05) is 0 Å². The quantitative estimate of drug-likeness (QED) is 0.662. The molecule has 1 atom stereocenters. The number of rotatable bonds is 2. The minimum Gasteiger partial charge on any atom is -0.505 e. The summed E-state index contributed by atoms with van der Waals surface area (Å²) < 4.78 is 25.7. The van der Waals surface area contributed by atoms with E-state index in [9.17, 15) is 13.6 Å². The van der Waals surface area contributed by atoms with Gasteiger partial charge in [0.2, 0.25) is 0 Å². The van der Waals surface area contributed by atoms with Crippen LogP contribution >= 0.6 is 0 Å². The minimum atomic E-state index is -1.65. The van der Waals surface area contributed by atoms with Crippen molar-refractivity contribution in [3.63, 3.8) is 0 Å². The molecule has 0 fully saturated rings. The van der Waals surface area contributed by atoms with E-state index >= 15 is 0 Å². The normalized spacial score (nSPS) is 12.5. The van der Waals surface area contributed by atoms with Gasteiger partial charge >= 0.3 is 5.97 Å². The maximum atomic E-state index is 13.0. The largest absolute Gasteiger partial charge is 0.505 e. The Labute approximate surface area is 77.6 Å². The number of phenolic OH excluding ortho intramolecular Hbond substituents is 1. The number of aliphatic carboxylic acids is 1. The Kier molecular flexibility index (Phi) is 2.66. The Balaban J connectivity index is 3.22. The summed E-state index contributed by atoms with van der Waals surface area (Å²) in [7, 11) is 0. The molecular weight excluding hydrogens is 196 g/mol. The van der Waals surface area contributed by atoms with E-state index in [1.54, 1.807) is 0 Å². The molecule has 1 aromatic carbocycles. The van der Waals surface area contributed by atoms with E-state index in [0.717, 1.165) is 0 Å². The minimum absolute atomic E-state index is 0.480. The van der Waals surface area contributed by atoms with E-state index in [4.69, 9.17) is 15.9 Å². The van der Waals surface area contributed by atoms with Crippen molar-refractivity contribution in [3.8, 4) is 5.75 Å². The van der Waals surface area contributed by atoms with Gasteiger partial charge in [-0.3, -0.25) is 4.79 Å². The third-order valence-electron chi connectivity index (χ3n) is 1.67. The number of hydrogen-bond donors (Lipinski definition) is 3. The van der Waals surface area contributed by atoms with Gasteiger partial charge in [-0.05, 0) is 6.07 Å². The van der Waals surface area contributed by atoms with Crippen molar-refractivity contribution in [2.75, 3.05) is 0 Å². The van der Waals surface area contributed by atoms with Gasteiger partial charge in [-0.15, -0.1) is 0 Å². The van der Waals surface area contributed by atoms with Crippen molar-refractivity contribution in [2.45, 2.75) is 6.04 Å². The van der Waals surface area contributed by atoms with Crippen LogP contribution in [0, 0.1) is 11.6 Å². The molecule has 0 spiro atoms. The fourth-order valence-electron chi connectivity index (χ4n) is 0.923. The molecule has 0 saturated heterocycles. The average Bonchev–Trinajstić information content (AvgIpc) is 2.10. The molecule has 0 aliphatic rings. The van der Waals surface area contributed by atoms with E-state index in [2.05, 4.69) is 0 Å². The highest BCUT2D eigenvalue weighted by atomic mass is 19.1. The Morgan fingerprint density at radius 1 is 1.36 bits per heavy atom. The molecule has 76 valence electrons. The number of carbonyl (C=O) groups is 1. The summed E-state index contributed by atoms with van der Waals surface area (Å²) in [5.74, 6) is -4.53. The van der Waals surface area contributed by atoms with Crippen molar-refractivity contribution in [1.82, 2.24) is 0 Å². The molecule has 0 aliphatic carbocycles. The summed E-state index contributed by atoms with van der Waals surface area (Å²) in [6.07, 6.45) is 0. The van der Waals surface area contributed by atoms with Crippen LogP contribution in [0.5, 0.6) is 5.75 Å². The fourth-order valence-corrected chi connectivity index (χ4v) is 0.923. The van der Waals surface area contributed by atoms with E-state index in [-0.39, 0.29) is 0 Å². The van der Waals surface area contributed by atoms with Crippen molar-refractivity contribution in [2.24, 2.45) is 5.73 Å². The predicted molar refractivity (Wildman–Crippen MR) is 42.6 cm³/mol. The molecule has 0 amide bonds. The van der Waals surface area contributed by atoms with Gasteiger partial charge in [0, 0.05) is 11.6 Å². The summed E-state index contributed by atoms with van der Waals surface area (Å²) >= 11 is 0. The zero-order valence-electron chi connectivity index (χ0n) is 6.87. The molecule has 6 heteroatoms. The molecule has 0 aliphatic heterocycles. The van der Waals surface area contributed by atoms with Gasteiger partial charge in [-0.25, -0.2) is 8.78 Å². The topological polar surface area (TPSA) is 83.6 Å². The van der Waals surface area contributed by atoms with Crippen molar-refractivity contribution < 1.29 is 23.8 Å². The highest BCUT2D eigenvalue weighted by Gasteiger charge is 2.20. The molecular formula is C8H7F2NO3. The van der Waals surface area contributed by atoms with Gasteiger partial charge in [-0.2, -0.15) is 0 Å². The molecule has 14 heavy (non-hydrogen) atoms. The molecule has 0 aromatic heterocycles. The Hall–Kier alpha value is -1.69.